The normalized spacial score (nSPS) is 11.6. The summed E-state index contributed by atoms with van der Waals surface area (Å²) in [4.78, 5) is 16.7. The molecule has 5 nitrogen and oxygen atoms in total. The van der Waals surface area contributed by atoms with Gasteiger partial charge in [0.1, 0.15) is 0 Å². The Morgan fingerprint density at radius 3 is 2.36 bits per heavy atom. The summed E-state index contributed by atoms with van der Waals surface area (Å²) in [5.41, 5.74) is 1.90. The monoisotopic (exact) mass is 490 g/mol. The number of aromatic nitrogens is 1. The number of hydrogen-bond acceptors (Lipinski definition) is 5. The van der Waals surface area contributed by atoms with Crippen LogP contribution in [0.4, 0.5) is 4.79 Å². The van der Waals surface area contributed by atoms with Crippen LogP contribution in [-0.2, 0) is 11.2 Å². The van der Waals surface area contributed by atoms with Crippen molar-refractivity contribution in [3.63, 3.8) is 0 Å². The predicted octanol–water partition coefficient (Wildman–Crippen LogP) is 1.48. The molecule has 146 valence electrons. The summed E-state index contributed by atoms with van der Waals surface area (Å²) < 4.78 is 17.5. The number of methoxy groups -OCH3 is 2. The number of pyridine rings is 1. The average Bonchev–Trinajstić information content (AvgIpc) is 2.74. The molecule has 0 saturated carbocycles. The fraction of sp³-hybridized carbons (Fsp3) is 0.182. The van der Waals surface area contributed by atoms with Crippen LogP contribution < -0.4 is 30.7 Å². The van der Waals surface area contributed by atoms with Gasteiger partial charge in [-0.05, 0) is 0 Å². The maximum atomic E-state index is 12.6. The first-order valence-corrected chi connectivity index (χ1v) is 10.9. The van der Waals surface area contributed by atoms with Gasteiger partial charge in [0.25, 0.3) is 0 Å². The second-order valence-electron chi connectivity index (χ2n) is 5.91. The van der Waals surface area contributed by atoms with E-state index in [9.17, 15) is 4.79 Å². The van der Waals surface area contributed by atoms with Crippen LogP contribution >= 0.6 is 0 Å². The standard InChI is InChI=1S/C22H21INO4/c1-26-19-9-8-17(15-21(19)27-2)20(14-16-10-12-24-13-11-16)28-22(25)23-18-6-4-3-5-7-18/h3-13,15,20H,14H2,1-2H3/q-1. The van der Waals surface area contributed by atoms with E-state index in [0.717, 1.165) is 14.7 Å². The summed E-state index contributed by atoms with van der Waals surface area (Å²) in [5.74, 6) is 1.24. The Labute approximate surface area is 174 Å². The molecule has 6 heteroatoms. The van der Waals surface area contributed by atoms with E-state index in [0.29, 0.717) is 17.9 Å². The number of benzene rings is 2. The molecule has 0 amide bonds. The van der Waals surface area contributed by atoms with E-state index in [-0.39, 0.29) is 3.98 Å². The van der Waals surface area contributed by atoms with Gasteiger partial charge < -0.3 is 0 Å². The van der Waals surface area contributed by atoms with Crippen LogP contribution in [0.2, 0.25) is 0 Å². The molecule has 0 N–H and O–H groups in total. The van der Waals surface area contributed by atoms with Gasteiger partial charge >= 0.3 is 175 Å². The number of ether oxygens (including phenoxy) is 3. The number of hydrogen-bond donors (Lipinski definition) is 0. The van der Waals surface area contributed by atoms with Crippen molar-refractivity contribution in [2.75, 3.05) is 14.2 Å². The number of carbonyl (C=O) groups is 1. The summed E-state index contributed by atoms with van der Waals surface area (Å²) in [6.07, 6.45) is 3.61. The molecule has 0 aliphatic carbocycles. The summed E-state index contributed by atoms with van der Waals surface area (Å²) in [5, 5.41) is 0. The Bertz CT molecular complexity index is 903. The van der Waals surface area contributed by atoms with Gasteiger partial charge in [-0.15, -0.1) is 0 Å². The molecule has 2 aromatic carbocycles. The summed E-state index contributed by atoms with van der Waals surface area (Å²) in [7, 11) is 3.18. The number of rotatable bonds is 8. The minimum absolute atomic E-state index is 0.168. The molecule has 1 heterocycles. The molecule has 28 heavy (non-hydrogen) atoms. The number of halogens is 1. The van der Waals surface area contributed by atoms with Gasteiger partial charge in [0, 0.05) is 0 Å². The van der Waals surface area contributed by atoms with E-state index < -0.39 is 27.3 Å². The van der Waals surface area contributed by atoms with Crippen LogP contribution in [0.1, 0.15) is 17.2 Å². The molecule has 3 aromatic rings. The molecule has 1 unspecified atom stereocenters. The van der Waals surface area contributed by atoms with Crippen molar-refractivity contribution in [2.24, 2.45) is 0 Å². The van der Waals surface area contributed by atoms with Crippen molar-refractivity contribution in [3.8, 4) is 11.5 Å². The quantitative estimate of drug-likeness (QED) is 0.354. The van der Waals surface area contributed by atoms with E-state index in [2.05, 4.69) is 4.98 Å². The van der Waals surface area contributed by atoms with Crippen molar-refractivity contribution in [2.45, 2.75) is 12.5 Å². The van der Waals surface area contributed by atoms with E-state index in [1.807, 2.05) is 60.7 Å². The van der Waals surface area contributed by atoms with Gasteiger partial charge in [0.2, 0.25) is 0 Å². The summed E-state index contributed by atoms with van der Waals surface area (Å²) in [6.45, 7) is 0. The Hall–Kier alpha value is -2.61. The van der Waals surface area contributed by atoms with Gasteiger partial charge in [-0.1, -0.05) is 0 Å². The third-order valence-corrected chi connectivity index (χ3v) is 6.14. The SMILES string of the molecule is COc1ccc(C(Cc2ccncc2)OC(=O)[I-]c2ccccc2)cc1OC. The molecule has 1 atom stereocenters. The summed E-state index contributed by atoms with van der Waals surface area (Å²) >= 11 is -0.888. The van der Waals surface area contributed by atoms with E-state index in [4.69, 9.17) is 14.2 Å². The minimum atomic E-state index is -0.888. The molecule has 0 spiro atoms. The zero-order valence-corrected chi connectivity index (χ0v) is 17.8. The van der Waals surface area contributed by atoms with Gasteiger partial charge in [0.15, 0.2) is 0 Å². The van der Waals surface area contributed by atoms with Crippen molar-refractivity contribution in [1.82, 2.24) is 4.98 Å². The van der Waals surface area contributed by atoms with Crippen LogP contribution in [0.15, 0.2) is 73.1 Å². The maximum absolute atomic E-state index is 12.6. The first-order valence-electron chi connectivity index (χ1n) is 8.71. The number of nitrogens with zero attached hydrogens (tertiary/aromatic N) is 1. The van der Waals surface area contributed by atoms with Gasteiger partial charge in [-0.25, -0.2) is 0 Å². The molecule has 3 rings (SSSR count). The fourth-order valence-corrected chi connectivity index (χ4v) is 4.43. The van der Waals surface area contributed by atoms with Crippen LogP contribution in [0.3, 0.4) is 0 Å². The van der Waals surface area contributed by atoms with Crippen molar-refractivity contribution < 1.29 is 40.2 Å². The molecule has 0 fully saturated rings. The fourth-order valence-electron chi connectivity index (χ4n) is 2.71. The molecule has 1 aromatic heterocycles. The first kappa shape index (κ1) is 20.1. The topological polar surface area (TPSA) is 57.7 Å². The van der Waals surface area contributed by atoms with Crippen LogP contribution in [0.25, 0.3) is 0 Å². The third kappa shape index (κ3) is 5.45. The van der Waals surface area contributed by atoms with Crippen LogP contribution in [-0.4, -0.2) is 23.2 Å². The van der Waals surface area contributed by atoms with E-state index in [1.54, 1.807) is 26.6 Å². The number of carbonyl (C=O) groups excluding carboxylic acids is 1. The van der Waals surface area contributed by atoms with E-state index in [1.165, 1.54) is 0 Å². The zero-order chi connectivity index (χ0) is 19.8. The van der Waals surface area contributed by atoms with Gasteiger partial charge in [-0.3, -0.25) is 0 Å². The Morgan fingerprint density at radius 1 is 0.964 bits per heavy atom. The van der Waals surface area contributed by atoms with Crippen LogP contribution in [0, 0.1) is 3.57 Å². The van der Waals surface area contributed by atoms with Crippen LogP contribution in [0.5, 0.6) is 11.5 Å². The predicted molar refractivity (Wildman–Crippen MR) is 102 cm³/mol. The van der Waals surface area contributed by atoms with Crippen molar-refractivity contribution >= 4 is 3.98 Å². The Balaban J connectivity index is 1.83. The second kappa shape index (κ2) is 10.1. The third-order valence-electron chi connectivity index (χ3n) is 4.10. The van der Waals surface area contributed by atoms with E-state index >= 15 is 0 Å². The molecule has 0 aliphatic heterocycles. The van der Waals surface area contributed by atoms with Crippen molar-refractivity contribution in [1.29, 1.82) is 0 Å². The average molecular weight is 490 g/mol. The van der Waals surface area contributed by atoms with Gasteiger partial charge in [-0.2, -0.15) is 0 Å². The molecule has 0 aliphatic rings. The Morgan fingerprint density at radius 2 is 1.68 bits per heavy atom. The molecule has 0 radical (unpaired) electrons. The molecule has 0 bridgehead atoms. The van der Waals surface area contributed by atoms with Gasteiger partial charge in [0.05, 0.1) is 0 Å². The zero-order valence-electron chi connectivity index (χ0n) is 15.7. The molecular formula is C22H21INO4-. The second-order valence-corrected chi connectivity index (χ2v) is 8.57. The Kier molecular flexibility index (Phi) is 7.25. The van der Waals surface area contributed by atoms with Crippen molar-refractivity contribution in [3.05, 3.63) is 87.8 Å². The molecular weight excluding hydrogens is 469 g/mol. The summed E-state index contributed by atoms with van der Waals surface area (Å²) in [6, 6.07) is 19.2. The first-order chi connectivity index (χ1) is 13.7. The molecule has 0 saturated heterocycles.